The minimum atomic E-state index is -0.216. The highest BCUT2D eigenvalue weighted by molar-refractivity contribution is 5.78. The molecule has 18 heavy (non-hydrogen) atoms. The second-order valence-electron chi connectivity index (χ2n) is 4.12. The number of rotatable bonds is 7. The fraction of sp³-hybridized carbons (Fsp3) is 0.500. The standard InChI is InChI=1S/C14H21FN2O/c1-3-17(4-2)14(18)11-16-9-8-12-6-5-7-13(15)10-12/h5-7,10,16H,3-4,8-9,11H2,1-2H3. The lowest BCUT2D eigenvalue weighted by Gasteiger charge is -2.18. The number of nitrogens with one attached hydrogen (secondary N) is 1. The van der Waals surface area contributed by atoms with E-state index in [0.29, 0.717) is 13.1 Å². The molecule has 0 fully saturated rings. The van der Waals surface area contributed by atoms with Gasteiger partial charge < -0.3 is 10.2 Å². The zero-order valence-electron chi connectivity index (χ0n) is 11.1. The molecule has 0 aliphatic rings. The monoisotopic (exact) mass is 252 g/mol. The van der Waals surface area contributed by atoms with Crippen molar-refractivity contribution in [2.75, 3.05) is 26.2 Å². The molecular formula is C14H21FN2O. The van der Waals surface area contributed by atoms with Gasteiger partial charge in [-0.15, -0.1) is 0 Å². The molecule has 0 saturated heterocycles. The van der Waals surface area contributed by atoms with Crippen molar-refractivity contribution in [3.05, 3.63) is 35.6 Å². The summed E-state index contributed by atoms with van der Waals surface area (Å²) in [5, 5.41) is 3.09. The lowest BCUT2D eigenvalue weighted by molar-refractivity contribution is -0.129. The quantitative estimate of drug-likeness (QED) is 0.751. The molecule has 0 saturated carbocycles. The maximum absolute atomic E-state index is 12.9. The van der Waals surface area contributed by atoms with E-state index in [0.717, 1.165) is 25.1 Å². The number of hydrogen-bond acceptors (Lipinski definition) is 2. The predicted octanol–water partition coefficient (Wildman–Crippen LogP) is 1.83. The van der Waals surface area contributed by atoms with Gasteiger partial charge in [0.25, 0.3) is 0 Å². The van der Waals surface area contributed by atoms with Crippen LogP contribution in [0.4, 0.5) is 4.39 Å². The van der Waals surface area contributed by atoms with Crippen LogP contribution in [0.5, 0.6) is 0 Å². The third-order valence-corrected chi connectivity index (χ3v) is 2.87. The van der Waals surface area contributed by atoms with Gasteiger partial charge in [0.15, 0.2) is 0 Å². The summed E-state index contributed by atoms with van der Waals surface area (Å²) in [5.41, 5.74) is 0.942. The van der Waals surface area contributed by atoms with Crippen LogP contribution < -0.4 is 5.32 Å². The first-order valence-electron chi connectivity index (χ1n) is 6.40. The van der Waals surface area contributed by atoms with Crippen LogP contribution in [-0.2, 0) is 11.2 Å². The number of carbonyl (C=O) groups is 1. The van der Waals surface area contributed by atoms with Crippen molar-refractivity contribution in [3.8, 4) is 0 Å². The molecule has 3 nitrogen and oxygen atoms in total. The van der Waals surface area contributed by atoms with Gasteiger partial charge >= 0.3 is 0 Å². The molecule has 0 bridgehead atoms. The van der Waals surface area contributed by atoms with E-state index >= 15 is 0 Å². The summed E-state index contributed by atoms with van der Waals surface area (Å²) >= 11 is 0. The number of halogens is 1. The molecule has 0 unspecified atom stereocenters. The van der Waals surface area contributed by atoms with Crippen LogP contribution in [0.2, 0.25) is 0 Å². The van der Waals surface area contributed by atoms with Gasteiger partial charge in [0.1, 0.15) is 5.82 Å². The third kappa shape index (κ3) is 4.84. The van der Waals surface area contributed by atoms with E-state index in [4.69, 9.17) is 0 Å². The van der Waals surface area contributed by atoms with Crippen molar-refractivity contribution in [1.29, 1.82) is 0 Å². The van der Waals surface area contributed by atoms with E-state index in [1.807, 2.05) is 19.9 Å². The second kappa shape index (κ2) is 7.82. The van der Waals surface area contributed by atoms with Gasteiger partial charge in [0.05, 0.1) is 6.54 Å². The Balaban J connectivity index is 2.24. The van der Waals surface area contributed by atoms with Crippen molar-refractivity contribution < 1.29 is 9.18 Å². The summed E-state index contributed by atoms with van der Waals surface area (Å²) in [7, 11) is 0. The molecular weight excluding hydrogens is 231 g/mol. The number of amides is 1. The summed E-state index contributed by atoms with van der Waals surface area (Å²) in [6.45, 7) is 6.43. The molecule has 100 valence electrons. The summed E-state index contributed by atoms with van der Waals surface area (Å²) < 4.78 is 12.9. The Bertz CT molecular complexity index is 378. The summed E-state index contributed by atoms with van der Waals surface area (Å²) in [4.78, 5) is 13.5. The van der Waals surface area contributed by atoms with Crippen LogP contribution in [0, 0.1) is 5.82 Å². The normalized spacial score (nSPS) is 10.4. The Morgan fingerprint density at radius 1 is 1.33 bits per heavy atom. The number of likely N-dealkylation sites (N-methyl/N-ethyl adjacent to an activating group) is 1. The fourth-order valence-corrected chi connectivity index (χ4v) is 1.81. The molecule has 0 atom stereocenters. The Hall–Kier alpha value is -1.42. The smallest absolute Gasteiger partial charge is 0.236 e. The number of carbonyl (C=O) groups excluding carboxylic acids is 1. The first-order valence-corrected chi connectivity index (χ1v) is 6.40. The van der Waals surface area contributed by atoms with Gasteiger partial charge in [-0.3, -0.25) is 4.79 Å². The SMILES string of the molecule is CCN(CC)C(=O)CNCCc1cccc(F)c1. The van der Waals surface area contributed by atoms with Crippen LogP contribution in [0.15, 0.2) is 24.3 Å². The van der Waals surface area contributed by atoms with Gasteiger partial charge in [0, 0.05) is 13.1 Å². The van der Waals surface area contributed by atoms with E-state index in [1.54, 1.807) is 11.0 Å². The van der Waals surface area contributed by atoms with E-state index in [1.165, 1.54) is 12.1 Å². The lowest BCUT2D eigenvalue weighted by Crippen LogP contribution is -2.38. The topological polar surface area (TPSA) is 32.3 Å². The highest BCUT2D eigenvalue weighted by Crippen LogP contribution is 2.03. The second-order valence-corrected chi connectivity index (χ2v) is 4.12. The third-order valence-electron chi connectivity index (χ3n) is 2.87. The molecule has 1 aromatic rings. The number of hydrogen-bond donors (Lipinski definition) is 1. The van der Waals surface area contributed by atoms with Crippen molar-refractivity contribution in [2.45, 2.75) is 20.3 Å². The summed E-state index contributed by atoms with van der Waals surface area (Å²) in [6.07, 6.45) is 0.725. The van der Waals surface area contributed by atoms with Crippen molar-refractivity contribution in [2.24, 2.45) is 0 Å². The summed E-state index contributed by atoms with van der Waals surface area (Å²) in [5.74, 6) is -0.106. The largest absolute Gasteiger partial charge is 0.342 e. The van der Waals surface area contributed by atoms with Crippen molar-refractivity contribution in [1.82, 2.24) is 10.2 Å². The molecule has 4 heteroatoms. The Morgan fingerprint density at radius 2 is 2.06 bits per heavy atom. The van der Waals surface area contributed by atoms with Crippen LogP contribution >= 0.6 is 0 Å². The van der Waals surface area contributed by atoms with Crippen LogP contribution in [-0.4, -0.2) is 37.0 Å². The molecule has 0 heterocycles. The van der Waals surface area contributed by atoms with Gasteiger partial charge in [-0.2, -0.15) is 0 Å². The minimum Gasteiger partial charge on any atom is -0.342 e. The van der Waals surface area contributed by atoms with E-state index < -0.39 is 0 Å². The predicted molar refractivity (Wildman–Crippen MR) is 70.9 cm³/mol. The zero-order valence-corrected chi connectivity index (χ0v) is 11.1. The average Bonchev–Trinajstić information content (AvgIpc) is 2.36. The molecule has 1 N–H and O–H groups in total. The number of nitrogens with zero attached hydrogens (tertiary/aromatic N) is 1. The van der Waals surface area contributed by atoms with Gasteiger partial charge in [-0.25, -0.2) is 4.39 Å². The maximum atomic E-state index is 12.9. The minimum absolute atomic E-state index is 0.110. The fourth-order valence-electron chi connectivity index (χ4n) is 1.81. The molecule has 1 aromatic carbocycles. The zero-order chi connectivity index (χ0) is 13.4. The molecule has 0 radical (unpaired) electrons. The van der Waals surface area contributed by atoms with E-state index in [9.17, 15) is 9.18 Å². The Labute approximate surface area is 108 Å². The Morgan fingerprint density at radius 3 is 2.67 bits per heavy atom. The van der Waals surface area contributed by atoms with E-state index in [-0.39, 0.29) is 11.7 Å². The lowest BCUT2D eigenvalue weighted by atomic mass is 10.1. The van der Waals surface area contributed by atoms with Crippen LogP contribution in [0.25, 0.3) is 0 Å². The molecule has 0 spiro atoms. The molecule has 0 aliphatic heterocycles. The first-order chi connectivity index (χ1) is 8.67. The number of benzene rings is 1. The molecule has 1 rings (SSSR count). The van der Waals surface area contributed by atoms with Crippen molar-refractivity contribution >= 4 is 5.91 Å². The van der Waals surface area contributed by atoms with Gasteiger partial charge in [-0.1, -0.05) is 12.1 Å². The van der Waals surface area contributed by atoms with Crippen LogP contribution in [0.1, 0.15) is 19.4 Å². The maximum Gasteiger partial charge on any atom is 0.236 e. The molecule has 0 aliphatic carbocycles. The molecule has 0 aromatic heterocycles. The summed E-state index contributed by atoms with van der Waals surface area (Å²) in [6, 6.07) is 6.54. The highest BCUT2D eigenvalue weighted by atomic mass is 19.1. The average molecular weight is 252 g/mol. The molecule has 1 amide bonds. The van der Waals surface area contributed by atoms with E-state index in [2.05, 4.69) is 5.32 Å². The van der Waals surface area contributed by atoms with Gasteiger partial charge in [0.2, 0.25) is 5.91 Å². The first kappa shape index (κ1) is 14.6. The Kier molecular flexibility index (Phi) is 6.36. The highest BCUT2D eigenvalue weighted by Gasteiger charge is 2.07. The van der Waals surface area contributed by atoms with Crippen LogP contribution in [0.3, 0.4) is 0 Å². The van der Waals surface area contributed by atoms with Gasteiger partial charge in [-0.05, 0) is 44.5 Å². The van der Waals surface area contributed by atoms with Crippen molar-refractivity contribution in [3.63, 3.8) is 0 Å².